The molecule has 0 radical (unpaired) electrons. The number of carbonyl (C=O) groups is 5. The molecule has 9 rings (SSSR count). The molecule has 3 aromatic rings. The first-order valence-corrected chi connectivity index (χ1v) is 31.1. The van der Waals surface area contributed by atoms with Gasteiger partial charge in [0.1, 0.15) is 6.04 Å². The first kappa shape index (κ1) is 60.6. The second kappa shape index (κ2) is 26.7. The smallest absolute Gasteiger partial charge is 0.317 e. The third-order valence-corrected chi connectivity index (χ3v) is 19.3. The number of anilines is 1. The first-order valence-electron chi connectivity index (χ1n) is 30.2. The number of nitrogens with zero attached hydrogens (tertiary/aromatic N) is 9. The van der Waals surface area contributed by atoms with Gasteiger partial charge in [0, 0.05) is 115 Å². The SMILES string of the molecule is CNC(=O)N1CCc2c(c(N3CCCC4=C3CC(C(F)F)C(c3cnn(C)c3)C4)nn2C2CCN(C(=O)CCCCCCCCC(=O)NCC(C(=O)N3C[C@H](O)C[C@H]3C(=O)NCC3=CC=C(c4scnc4C)C(C)C3)C(C)(C)C)CC2)C1. The van der Waals surface area contributed by atoms with Crippen molar-refractivity contribution in [2.45, 2.75) is 181 Å². The van der Waals surface area contributed by atoms with Crippen molar-refractivity contribution in [3.63, 3.8) is 0 Å². The van der Waals surface area contributed by atoms with E-state index < -0.39 is 35.8 Å². The maximum absolute atomic E-state index is 14.9. The molecule has 2 fully saturated rings. The highest BCUT2D eigenvalue weighted by Gasteiger charge is 2.45. The molecule has 0 bridgehead atoms. The minimum Gasteiger partial charge on any atom is -0.391 e. The molecule has 0 aromatic carbocycles. The molecule has 448 valence electrons. The van der Waals surface area contributed by atoms with Gasteiger partial charge < -0.3 is 40.7 Å². The number of amides is 6. The zero-order valence-corrected chi connectivity index (χ0v) is 50.2. The van der Waals surface area contributed by atoms with Crippen LogP contribution in [0.2, 0.25) is 0 Å². The number of carbonyl (C=O) groups excluding carboxylic acids is 5. The zero-order chi connectivity index (χ0) is 58.4. The van der Waals surface area contributed by atoms with Crippen LogP contribution in [0.3, 0.4) is 0 Å². The van der Waals surface area contributed by atoms with Gasteiger partial charge in [0.2, 0.25) is 30.1 Å². The molecule has 6 atom stereocenters. The van der Waals surface area contributed by atoms with Gasteiger partial charge in [0.25, 0.3) is 0 Å². The zero-order valence-electron chi connectivity index (χ0n) is 49.4. The molecule has 0 spiro atoms. The van der Waals surface area contributed by atoms with Crippen LogP contribution in [0.25, 0.3) is 5.57 Å². The lowest BCUT2D eigenvalue weighted by Gasteiger charge is -2.41. The van der Waals surface area contributed by atoms with Gasteiger partial charge in [-0.1, -0.05) is 71.1 Å². The number of unbranched alkanes of at least 4 members (excludes halogenated alkanes) is 5. The molecule has 21 heteroatoms. The molecule has 2 saturated heterocycles. The van der Waals surface area contributed by atoms with Gasteiger partial charge >= 0.3 is 6.03 Å². The van der Waals surface area contributed by atoms with E-state index in [2.05, 4.69) is 54.7 Å². The normalized spacial score (nSPS) is 22.9. The number of hydrogen-bond donors (Lipinski definition) is 4. The number of hydrogen-bond acceptors (Lipinski definition) is 11. The Morgan fingerprint density at radius 1 is 0.915 bits per heavy atom. The van der Waals surface area contributed by atoms with Crippen molar-refractivity contribution in [1.29, 1.82) is 0 Å². The summed E-state index contributed by atoms with van der Waals surface area (Å²) in [7, 11) is 3.45. The molecule has 4 unspecified atom stereocenters. The van der Waals surface area contributed by atoms with Crippen molar-refractivity contribution >= 4 is 52.4 Å². The van der Waals surface area contributed by atoms with E-state index >= 15 is 0 Å². The second-order valence-corrected chi connectivity index (χ2v) is 25.9. The number of halogens is 2. The Bertz CT molecular complexity index is 2880. The molecule has 18 nitrogen and oxygen atoms in total. The highest BCUT2D eigenvalue weighted by Crippen LogP contribution is 2.49. The fourth-order valence-electron chi connectivity index (χ4n) is 13.6. The maximum Gasteiger partial charge on any atom is 0.317 e. The Labute approximate surface area is 486 Å². The number of nitrogens with one attached hydrogen (secondary N) is 3. The number of allylic oxidation sites excluding steroid dienone is 5. The van der Waals surface area contributed by atoms with Crippen LogP contribution in [0.15, 0.2) is 46.9 Å². The molecule has 6 amide bonds. The summed E-state index contributed by atoms with van der Waals surface area (Å²) in [6, 6.07) is -0.886. The van der Waals surface area contributed by atoms with Gasteiger partial charge in [-0.15, -0.1) is 11.3 Å². The van der Waals surface area contributed by atoms with Crippen molar-refractivity contribution in [3.8, 4) is 0 Å². The number of rotatable bonds is 20. The quantitative estimate of drug-likeness (QED) is 0.0794. The number of urea groups is 1. The number of likely N-dealkylation sites (tertiary alicyclic amines) is 2. The van der Waals surface area contributed by atoms with Gasteiger partial charge in [-0.2, -0.15) is 10.2 Å². The summed E-state index contributed by atoms with van der Waals surface area (Å²) in [6.07, 6.45) is 16.2. The number of β-amino-alcohol motifs (C(OH)–C–C–N with tert-alkyl or cyclic N) is 1. The van der Waals surface area contributed by atoms with Gasteiger partial charge in [-0.05, 0) is 98.7 Å². The topological polar surface area (TPSA) is 203 Å². The molecule has 0 saturated carbocycles. The van der Waals surface area contributed by atoms with Crippen molar-refractivity contribution in [1.82, 2.24) is 55.2 Å². The average molecular weight is 1160 g/mol. The number of piperidine rings is 1. The minimum atomic E-state index is -2.49. The van der Waals surface area contributed by atoms with E-state index in [9.17, 15) is 37.9 Å². The maximum atomic E-state index is 14.9. The van der Waals surface area contributed by atoms with E-state index in [1.54, 1.807) is 34.2 Å². The van der Waals surface area contributed by atoms with Crippen LogP contribution in [-0.2, 0) is 39.2 Å². The van der Waals surface area contributed by atoms with Crippen LogP contribution in [0.5, 0.6) is 0 Å². The third-order valence-electron chi connectivity index (χ3n) is 18.3. The van der Waals surface area contributed by atoms with Gasteiger partial charge in [-0.25, -0.2) is 18.6 Å². The monoisotopic (exact) mass is 1150 g/mol. The van der Waals surface area contributed by atoms with Crippen LogP contribution in [0, 0.1) is 30.1 Å². The molecular formula is C61H88F2N12O6S. The minimum absolute atomic E-state index is 0.0656. The van der Waals surface area contributed by atoms with Gasteiger partial charge in [-0.3, -0.25) is 28.5 Å². The van der Waals surface area contributed by atoms with E-state index in [0.29, 0.717) is 71.4 Å². The molecule has 4 N–H and O–H groups in total. The number of aryl methyl sites for hydroxylation is 2. The van der Waals surface area contributed by atoms with Crippen molar-refractivity contribution in [3.05, 3.63) is 74.3 Å². The fourth-order valence-corrected chi connectivity index (χ4v) is 14.5. The average Bonchev–Trinajstić information content (AvgIpc) is 3.24. The number of aromatic nitrogens is 5. The first-order chi connectivity index (χ1) is 39.3. The van der Waals surface area contributed by atoms with E-state index in [4.69, 9.17) is 5.10 Å². The van der Waals surface area contributed by atoms with Gasteiger partial charge in [0.05, 0.1) is 46.9 Å². The highest BCUT2D eigenvalue weighted by molar-refractivity contribution is 7.11. The molecule has 82 heavy (non-hydrogen) atoms. The number of aliphatic hydroxyl groups excluding tert-OH is 1. The molecular weight excluding hydrogens is 1070 g/mol. The van der Waals surface area contributed by atoms with E-state index in [1.165, 1.54) is 20.9 Å². The largest absolute Gasteiger partial charge is 0.391 e. The summed E-state index contributed by atoms with van der Waals surface area (Å²) in [5.41, 5.74) is 9.79. The molecule has 3 aromatic heterocycles. The van der Waals surface area contributed by atoms with E-state index in [-0.39, 0.29) is 73.5 Å². The Balaban J connectivity index is 0.697. The lowest BCUT2D eigenvalue weighted by molar-refractivity contribution is -0.144. The third kappa shape index (κ3) is 14.0. The summed E-state index contributed by atoms with van der Waals surface area (Å²) >= 11 is 1.64. The van der Waals surface area contributed by atoms with Crippen LogP contribution in [-0.4, -0.2) is 145 Å². The van der Waals surface area contributed by atoms with Crippen LogP contribution >= 0.6 is 11.3 Å². The number of thiazole rings is 1. The summed E-state index contributed by atoms with van der Waals surface area (Å²) < 4.78 is 33.7. The summed E-state index contributed by atoms with van der Waals surface area (Å²) in [5, 5.41) is 29.2. The van der Waals surface area contributed by atoms with Crippen molar-refractivity contribution in [2.75, 3.05) is 57.8 Å². The van der Waals surface area contributed by atoms with Crippen molar-refractivity contribution in [2.24, 2.45) is 30.2 Å². The highest BCUT2D eigenvalue weighted by atomic mass is 32.1. The Morgan fingerprint density at radius 2 is 1.66 bits per heavy atom. The lowest BCUT2D eigenvalue weighted by Crippen LogP contribution is -2.52. The summed E-state index contributed by atoms with van der Waals surface area (Å²) in [6.45, 7) is 13.5. The summed E-state index contributed by atoms with van der Waals surface area (Å²) in [5.74, 6) is -1.20. The second-order valence-electron chi connectivity index (χ2n) is 25.1. The molecule has 7 heterocycles. The molecule has 6 aliphatic rings. The fraction of sp³-hybridized carbons (Fsp3) is 0.672. The predicted molar refractivity (Wildman–Crippen MR) is 313 cm³/mol. The van der Waals surface area contributed by atoms with Crippen molar-refractivity contribution < 1.29 is 37.9 Å². The van der Waals surface area contributed by atoms with Crippen LogP contribution in [0.4, 0.5) is 19.4 Å². The number of fused-ring (bicyclic) bond motifs is 1. The van der Waals surface area contributed by atoms with Gasteiger partial charge in [0.15, 0.2) is 5.82 Å². The Morgan fingerprint density at radius 3 is 2.33 bits per heavy atom. The summed E-state index contributed by atoms with van der Waals surface area (Å²) in [4.78, 5) is 80.5. The van der Waals surface area contributed by atoms with E-state index in [0.717, 1.165) is 104 Å². The number of alkyl halides is 2. The Kier molecular flexibility index (Phi) is 19.8. The standard InChI is InChI=1S/C61H88F2N12O6S/c1-38-27-40(18-19-45(38)55-39(2)67-37-82-55)31-66-58(79)52-29-44(76)35-74(52)59(80)49(61(3,4)5)33-65-53(77)16-12-10-8-9-11-13-17-54(78)71-24-20-43(21-25-71)75-50-22-26-72(60(81)64-6)36-48(50)57(69-75)73-23-14-15-41-28-46(42-32-68-70(7)34-42)47(56(62)63)30-51(41)73/h18-19,32,34,37-38,43-44,46-47,49,52,56,76H,8-17,20-31,33,35-36H2,1-7H3,(H,64,81)(H,65,77)(H,66,79)/t38?,44-,46?,47?,49?,52+/m1/s1. The number of aliphatic hydroxyl groups is 1. The molecule has 2 aliphatic carbocycles. The van der Waals surface area contributed by atoms with Crippen LogP contribution in [0.1, 0.15) is 170 Å². The van der Waals surface area contributed by atoms with Crippen LogP contribution < -0.4 is 20.9 Å². The lowest BCUT2D eigenvalue weighted by atomic mass is 9.73. The predicted octanol–water partition coefficient (Wildman–Crippen LogP) is 8.58. The Hall–Kier alpha value is -5.96. The van der Waals surface area contributed by atoms with E-state index in [1.807, 2.05) is 51.3 Å². The molecule has 4 aliphatic heterocycles.